The van der Waals surface area contributed by atoms with Crippen molar-refractivity contribution in [3.8, 4) is 0 Å². The van der Waals surface area contributed by atoms with E-state index in [4.69, 9.17) is 0 Å². The van der Waals surface area contributed by atoms with Gasteiger partial charge in [-0.3, -0.25) is 13.3 Å². The number of alkyl halides is 13. The smallest absolute Gasteiger partial charge is 0.284 e. The van der Waals surface area contributed by atoms with Crippen molar-refractivity contribution < 1.29 is 70.4 Å². The first kappa shape index (κ1) is 27.2. The van der Waals surface area contributed by atoms with Gasteiger partial charge in [0, 0.05) is 18.9 Å². The van der Waals surface area contributed by atoms with E-state index < -0.39 is 65.0 Å². The molecule has 0 aromatic carbocycles. The van der Waals surface area contributed by atoms with Gasteiger partial charge in [-0.05, 0) is 6.42 Å². The highest BCUT2D eigenvalue weighted by Crippen LogP contribution is 2.45. The molecular weight excluding hydrogens is 455 g/mol. The maximum absolute atomic E-state index is 13.6. The summed E-state index contributed by atoms with van der Waals surface area (Å²) in [6.07, 6.45) is -23.3. The second-order valence-electron chi connectivity index (χ2n) is 5.34. The Morgan fingerprint density at radius 1 is 0.571 bits per heavy atom. The number of hydrogen-bond acceptors (Lipinski definition) is 3. The summed E-state index contributed by atoms with van der Waals surface area (Å²) in [6, 6.07) is -2.56. The third-order valence-corrected chi connectivity index (χ3v) is 5.43. The second kappa shape index (κ2) is 8.91. The summed E-state index contributed by atoms with van der Waals surface area (Å²) >= 11 is 0. The van der Waals surface area contributed by atoms with Crippen molar-refractivity contribution in [1.82, 2.24) is 0 Å². The van der Waals surface area contributed by atoms with E-state index >= 15 is 0 Å². The average molecular weight is 468 g/mol. The van der Waals surface area contributed by atoms with Crippen molar-refractivity contribution in [3.05, 3.63) is 0 Å². The largest absolute Gasteiger partial charge is 0.520 e. The van der Waals surface area contributed by atoms with Gasteiger partial charge in [0.2, 0.25) is 0 Å². The van der Waals surface area contributed by atoms with Gasteiger partial charge in [-0.1, -0.05) is 13.3 Å². The van der Waals surface area contributed by atoms with E-state index in [0.717, 1.165) is 0 Å². The minimum Gasteiger partial charge on any atom is -0.284 e. The fourth-order valence-corrected chi connectivity index (χ4v) is 3.93. The molecule has 28 heavy (non-hydrogen) atoms. The van der Waals surface area contributed by atoms with Crippen LogP contribution >= 0.6 is 0 Å². The molecule has 0 aliphatic rings. The highest BCUT2D eigenvalue weighted by atomic mass is 28.4. The summed E-state index contributed by atoms with van der Waals surface area (Å²) in [7, 11) is -7.11. The SMILES string of the molecule is CCCCC(F)(F)C(F)(F)CC[Si](OC(F)(F)F)(OC(F)(F)F)OC(F)(F)F. The fourth-order valence-electron chi connectivity index (χ4n) is 1.82. The lowest BCUT2D eigenvalue weighted by atomic mass is 10.0. The maximum Gasteiger partial charge on any atom is 0.520 e. The molecule has 0 aromatic rings. The van der Waals surface area contributed by atoms with Crippen molar-refractivity contribution in [2.24, 2.45) is 0 Å². The Morgan fingerprint density at radius 2 is 0.893 bits per heavy atom. The molecule has 0 atom stereocenters. The van der Waals surface area contributed by atoms with Gasteiger partial charge < -0.3 is 0 Å². The number of hydrogen-bond donors (Lipinski definition) is 0. The van der Waals surface area contributed by atoms with Crippen LogP contribution < -0.4 is 0 Å². The van der Waals surface area contributed by atoms with Crippen LogP contribution in [0.15, 0.2) is 0 Å². The van der Waals surface area contributed by atoms with Crippen molar-refractivity contribution in [2.75, 3.05) is 0 Å². The zero-order valence-electron chi connectivity index (χ0n) is 13.7. The molecule has 0 aliphatic carbocycles. The van der Waals surface area contributed by atoms with E-state index in [-0.39, 0.29) is 6.42 Å². The molecule has 0 rings (SSSR count). The first-order chi connectivity index (χ1) is 12.1. The Kier molecular flexibility index (Phi) is 8.65. The van der Waals surface area contributed by atoms with Gasteiger partial charge in [0.1, 0.15) is 0 Å². The van der Waals surface area contributed by atoms with Crippen LogP contribution in [-0.4, -0.2) is 39.7 Å². The highest BCUT2D eigenvalue weighted by molar-refractivity contribution is 6.60. The van der Waals surface area contributed by atoms with Crippen LogP contribution in [0, 0.1) is 0 Å². The van der Waals surface area contributed by atoms with Crippen LogP contribution in [0.4, 0.5) is 57.1 Å². The molecule has 17 heteroatoms. The first-order valence-electron chi connectivity index (χ1n) is 7.20. The second-order valence-corrected chi connectivity index (χ2v) is 7.82. The fraction of sp³-hybridized carbons (Fsp3) is 1.00. The number of unbranched alkanes of at least 4 members (excludes halogenated alkanes) is 1. The summed E-state index contributed by atoms with van der Waals surface area (Å²) < 4.78 is 173. The summed E-state index contributed by atoms with van der Waals surface area (Å²) in [6.45, 7) is 1.32. The molecule has 0 saturated heterocycles. The van der Waals surface area contributed by atoms with Crippen molar-refractivity contribution in [3.63, 3.8) is 0 Å². The number of rotatable bonds is 10. The lowest BCUT2D eigenvalue weighted by molar-refractivity contribution is -0.367. The lowest BCUT2D eigenvalue weighted by Crippen LogP contribution is -2.56. The van der Waals surface area contributed by atoms with Gasteiger partial charge in [0.15, 0.2) is 0 Å². The molecule has 0 aromatic heterocycles. The Bertz CT molecular complexity index is 445. The standard InChI is InChI=1S/C11H13F13O3Si/c1-2-3-4-7(12,13)8(14,15)5-6-28(25-9(16,17)18,26-10(19,20)21)27-11(22,23)24/h2-6H2,1H3. The van der Waals surface area contributed by atoms with E-state index in [0.29, 0.717) is 0 Å². The summed E-state index contributed by atoms with van der Waals surface area (Å²) in [5, 5.41) is 0. The topological polar surface area (TPSA) is 27.7 Å². The third kappa shape index (κ3) is 10.1. The molecule has 0 heterocycles. The minimum atomic E-state index is -7.11. The lowest BCUT2D eigenvalue weighted by Gasteiger charge is -2.33. The number of halogens is 13. The summed E-state index contributed by atoms with van der Waals surface area (Å²) in [5.41, 5.74) is 0. The molecule has 0 radical (unpaired) electrons. The summed E-state index contributed by atoms with van der Waals surface area (Å²) in [5.74, 6) is -10.2. The Balaban J connectivity index is 5.83. The van der Waals surface area contributed by atoms with E-state index in [1.165, 1.54) is 6.92 Å². The maximum atomic E-state index is 13.6. The van der Waals surface area contributed by atoms with Crippen LogP contribution in [0.1, 0.15) is 32.6 Å². The highest BCUT2D eigenvalue weighted by Gasteiger charge is 2.64. The molecule has 0 bridgehead atoms. The van der Waals surface area contributed by atoms with Gasteiger partial charge in [0.25, 0.3) is 0 Å². The van der Waals surface area contributed by atoms with Crippen LogP contribution in [0.3, 0.4) is 0 Å². The monoisotopic (exact) mass is 468 g/mol. The zero-order valence-corrected chi connectivity index (χ0v) is 14.7. The normalized spacial score (nSPS) is 15.2. The van der Waals surface area contributed by atoms with E-state index in [2.05, 4.69) is 13.3 Å². The van der Waals surface area contributed by atoms with Crippen molar-refractivity contribution >= 4 is 8.80 Å². The molecule has 170 valence electrons. The van der Waals surface area contributed by atoms with Crippen molar-refractivity contribution in [1.29, 1.82) is 0 Å². The van der Waals surface area contributed by atoms with Gasteiger partial charge >= 0.3 is 39.7 Å². The zero-order chi connectivity index (χ0) is 22.7. The van der Waals surface area contributed by atoms with Gasteiger partial charge in [0.05, 0.1) is 0 Å². The van der Waals surface area contributed by atoms with E-state index in [9.17, 15) is 57.1 Å². The summed E-state index contributed by atoms with van der Waals surface area (Å²) in [4.78, 5) is 0. The molecule has 0 N–H and O–H groups in total. The molecule has 0 spiro atoms. The molecular formula is C11H13F13O3Si. The molecule has 0 unspecified atom stereocenters. The quantitative estimate of drug-likeness (QED) is 0.275. The van der Waals surface area contributed by atoms with Gasteiger partial charge in [-0.2, -0.15) is 17.6 Å². The average Bonchev–Trinajstić information content (AvgIpc) is 2.37. The van der Waals surface area contributed by atoms with Crippen molar-refractivity contribution in [2.45, 2.75) is 69.6 Å². The molecule has 0 fully saturated rings. The molecule has 0 aliphatic heterocycles. The van der Waals surface area contributed by atoms with Gasteiger partial charge in [-0.15, -0.1) is 39.5 Å². The first-order valence-corrected chi connectivity index (χ1v) is 9.13. The Labute approximate surface area is 150 Å². The minimum absolute atomic E-state index is 0.0179. The van der Waals surface area contributed by atoms with E-state index in [1.807, 2.05) is 0 Å². The molecule has 0 amide bonds. The van der Waals surface area contributed by atoms with Crippen LogP contribution in [0.25, 0.3) is 0 Å². The Hall–Kier alpha value is -0.813. The van der Waals surface area contributed by atoms with Gasteiger partial charge in [-0.25, -0.2) is 0 Å². The predicted octanol–water partition coefficient (Wildman–Crippen LogP) is 6.39. The van der Waals surface area contributed by atoms with Crippen LogP contribution in [-0.2, 0) is 13.3 Å². The van der Waals surface area contributed by atoms with E-state index in [1.54, 1.807) is 0 Å². The predicted molar refractivity (Wildman–Crippen MR) is 66.0 cm³/mol. The molecule has 3 nitrogen and oxygen atoms in total. The Morgan fingerprint density at radius 3 is 1.18 bits per heavy atom. The third-order valence-electron chi connectivity index (χ3n) is 2.94. The molecule has 0 saturated carbocycles. The van der Waals surface area contributed by atoms with Crippen LogP contribution in [0.5, 0.6) is 0 Å². The van der Waals surface area contributed by atoms with Crippen LogP contribution in [0.2, 0.25) is 6.04 Å².